The van der Waals surface area contributed by atoms with Crippen molar-refractivity contribution in [2.24, 2.45) is 11.3 Å². The van der Waals surface area contributed by atoms with Crippen LogP contribution in [0.3, 0.4) is 0 Å². The van der Waals surface area contributed by atoms with Gasteiger partial charge in [-0.25, -0.2) is 0 Å². The molecule has 1 spiro atoms. The van der Waals surface area contributed by atoms with Gasteiger partial charge in [0.15, 0.2) is 0 Å². The van der Waals surface area contributed by atoms with Crippen LogP contribution in [0.5, 0.6) is 0 Å². The molecule has 1 amide bonds. The molecule has 0 unspecified atom stereocenters. The molecule has 0 radical (unpaired) electrons. The van der Waals surface area contributed by atoms with E-state index in [1.807, 2.05) is 4.90 Å². The van der Waals surface area contributed by atoms with Crippen LogP contribution in [0.4, 0.5) is 0 Å². The van der Waals surface area contributed by atoms with Crippen molar-refractivity contribution in [3.8, 4) is 0 Å². The van der Waals surface area contributed by atoms with Crippen LogP contribution in [-0.2, 0) is 31.0 Å². The van der Waals surface area contributed by atoms with E-state index >= 15 is 0 Å². The number of ether oxygens (including phenoxy) is 3. The summed E-state index contributed by atoms with van der Waals surface area (Å²) in [5.74, 6) is -0.239. The summed E-state index contributed by atoms with van der Waals surface area (Å²) < 4.78 is 16.8. The average molecular weight is 443 g/mol. The van der Waals surface area contributed by atoms with Gasteiger partial charge in [-0.15, -0.1) is 23.7 Å². The van der Waals surface area contributed by atoms with E-state index in [4.69, 9.17) is 14.2 Å². The van der Waals surface area contributed by atoms with Gasteiger partial charge >= 0.3 is 5.97 Å². The number of carbonyl (C=O) groups excluding carboxylic acids is 2. The average Bonchev–Trinajstić information content (AvgIpc) is 3.40. The van der Waals surface area contributed by atoms with Crippen LogP contribution in [0.15, 0.2) is 6.07 Å². The fourth-order valence-corrected chi connectivity index (χ4v) is 6.65. The first kappa shape index (κ1) is 21.1. The van der Waals surface area contributed by atoms with Gasteiger partial charge in [-0.1, -0.05) is 0 Å². The van der Waals surface area contributed by atoms with Gasteiger partial charge in [-0.05, 0) is 44.0 Å². The normalized spacial score (nSPS) is 29.8. The van der Waals surface area contributed by atoms with Crippen LogP contribution >= 0.6 is 23.7 Å². The Labute approximate surface area is 180 Å². The number of thiophene rings is 1. The predicted octanol–water partition coefficient (Wildman–Crippen LogP) is 1.58. The van der Waals surface area contributed by atoms with Gasteiger partial charge in [0, 0.05) is 23.9 Å². The molecule has 5 heterocycles. The zero-order valence-corrected chi connectivity index (χ0v) is 18.2. The number of esters is 1. The van der Waals surface area contributed by atoms with Gasteiger partial charge in [0.2, 0.25) is 0 Å². The molecule has 3 fully saturated rings. The molecule has 1 aromatic heterocycles. The van der Waals surface area contributed by atoms with Crippen LogP contribution < -0.4 is 5.32 Å². The number of carbonyl (C=O) groups is 2. The Kier molecular flexibility index (Phi) is 5.67. The van der Waals surface area contributed by atoms with Crippen LogP contribution in [0, 0.1) is 11.3 Å². The van der Waals surface area contributed by atoms with E-state index in [2.05, 4.69) is 11.4 Å². The summed E-state index contributed by atoms with van der Waals surface area (Å²) in [4.78, 5) is 29.5. The molecule has 1 N–H and O–H groups in total. The van der Waals surface area contributed by atoms with Gasteiger partial charge in [0.1, 0.15) is 11.0 Å². The Morgan fingerprint density at radius 2 is 2.14 bits per heavy atom. The maximum atomic E-state index is 13.3. The van der Waals surface area contributed by atoms with E-state index in [1.54, 1.807) is 11.3 Å². The Bertz CT molecular complexity index is 809. The van der Waals surface area contributed by atoms with E-state index in [0.717, 1.165) is 37.2 Å². The number of hydrogen-bond donors (Lipinski definition) is 1. The van der Waals surface area contributed by atoms with Gasteiger partial charge in [-0.3, -0.25) is 9.59 Å². The highest BCUT2D eigenvalue weighted by molar-refractivity contribution is 7.14. The van der Waals surface area contributed by atoms with Crippen molar-refractivity contribution in [2.75, 3.05) is 53.1 Å². The number of amides is 1. The van der Waals surface area contributed by atoms with Gasteiger partial charge in [0.25, 0.3) is 5.91 Å². The molecule has 160 valence electrons. The van der Waals surface area contributed by atoms with Crippen molar-refractivity contribution >= 4 is 35.6 Å². The van der Waals surface area contributed by atoms with Gasteiger partial charge in [0.05, 0.1) is 31.8 Å². The summed E-state index contributed by atoms with van der Waals surface area (Å²) >= 11 is 1.59. The molecule has 0 aliphatic carbocycles. The van der Waals surface area contributed by atoms with Crippen LogP contribution in [0.25, 0.3) is 0 Å². The second-order valence-electron chi connectivity index (χ2n) is 8.35. The molecule has 7 nitrogen and oxygen atoms in total. The lowest BCUT2D eigenvalue weighted by molar-refractivity contribution is -0.153. The third kappa shape index (κ3) is 3.20. The minimum Gasteiger partial charge on any atom is -0.468 e. The first-order valence-corrected chi connectivity index (χ1v) is 10.8. The highest BCUT2D eigenvalue weighted by atomic mass is 35.5. The molecule has 29 heavy (non-hydrogen) atoms. The minimum absolute atomic E-state index is 0. The van der Waals surface area contributed by atoms with E-state index in [9.17, 15) is 9.59 Å². The second kappa shape index (κ2) is 7.81. The molecule has 9 heteroatoms. The molecule has 0 aromatic carbocycles. The molecule has 4 aliphatic heterocycles. The van der Waals surface area contributed by atoms with E-state index in [0.29, 0.717) is 32.9 Å². The fourth-order valence-electron chi connectivity index (χ4n) is 5.27. The highest BCUT2D eigenvalue weighted by Crippen LogP contribution is 2.46. The van der Waals surface area contributed by atoms with Crippen molar-refractivity contribution in [3.05, 3.63) is 21.4 Å². The quantitative estimate of drug-likeness (QED) is 0.701. The monoisotopic (exact) mass is 442 g/mol. The first-order chi connectivity index (χ1) is 13.6. The molecule has 2 atom stereocenters. The lowest BCUT2D eigenvalue weighted by Crippen LogP contribution is -2.44. The molecule has 0 saturated carbocycles. The van der Waals surface area contributed by atoms with Gasteiger partial charge < -0.3 is 24.4 Å². The third-order valence-electron chi connectivity index (χ3n) is 6.85. The van der Waals surface area contributed by atoms with Crippen molar-refractivity contribution in [1.29, 1.82) is 0 Å². The van der Waals surface area contributed by atoms with Gasteiger partial charge in [-0.2, -0.15) is 0 Å². The smallest absolute Gasteiger partial charge is 0.316 e. The van der Waals surface area contributed by atoms with E-state index in [-0.39, 0.29) is 35.8 Å². The summed E-state index contributed by atoms with van der Waals surface area (Å²) in [6.07, 6.45) is 2.75. The first-order valence-electron chi connectivity index (χ1n) is 10.0. The van der Waals surface area contributed by atoms with Crippen LogP contribution in [0.2, 0.25) is 0 Å². The predicted molar refractivity (Wildman–Crippen MR) is 110 cm³/mol. The number of halogens is 1. The van der Waals surface area contributed by atoms with Crippen molar-refractivity contribution in [1.82, 2.24) is 10.2 Å². The molecular weight excluding hydrogens is 416 g/mol. The summed E-state index contributed by atoms with van der Waals surface area (Å²) in [6, 6.07) is 2.06. The molecule has 1 aromatic rings. The number of hydrogen-bond acceptors (Lipinski definition) is 7. The van der Waals surface area contributed by atoms with Crippen LogP contribution in [-0.4, -0.2) is 69.9 Å². The number of likely N-dealkylation sites (tertiary alicyclic amines) is 1. The van der Waals surface area contributed by atoms with Crippen molar-refractivity contribution in [2.45, 2.75) is 24.9 Å². The fraction of sp³-hybridized carbons (Fsp3) is 0.700. The number of methoxy groups -OCH3 is 1. The Hall–Kier alpha value is -1.19. The molecule has 4 aliphatic rings. The van der Waals surface area contributed by atoms with Crippen molar-refractivity contribution in [3.63, 3.8) is 0 Å². The number of nitrogens with zero attached hydrogens (tertiary/aromatic N) is 1. The summed E-state index contributed by atoms with van der Waals surface area (Å²) in [7, 11) is 1.41. The van der Waals surface area contributed by atoms with E-state index in [1.165, 1.54) is 17.6 Å². The number of piperidine rings is 1. The second-order valence-corrected chi connectivity index (χ2v) is 9.41. The number of fused-ring (bicyclic) bond motifs is 3. The maximum Gasteiger partial charge on any atom is 0.316 e. The molecule has 0 bridgehead atoms. The molecular formula is C20H27ClN2O5S. The highest BCUT2D eigenvalue weighted by Gasteiger charge is 2.58. The number of nitrogens with one attached hydrogen (secondary N) is 1. The Morgan fingerprint density at radius 3 is 2.90 bits per heavy atom. The summed E-state index contributed by atoms with van der Waals surface area (Å²) in [5.41, 5.74) is 0.317. The lowest BCUT2D eigenvalue weighted by Gasteiger charge is -2.40. The standard InChI is InChI=1S/C20H26N2O5S.ClH/c1-25-18(24)19-11-22(9-14(19)10-26-12-19)17(23)15-8-13-2-7-27-20(16(13)28-15)3-5-21-6-4-20;/h8,14,21H,2-7,9-12H2,1H3;1H/t14-,19-;/m0./s1. The minimum atomic E-state index is -0.708. The summed E-state index contributed by atoms with van der Waals surface area (Å²) in [6.45, 7) is 4.35. The third-order valence-corrected chi connectivity index (χ3v) is 8.20. The molecule has 3 saturated heterocycles. The van der Waals surface area contributed by atoms with E-state index < -0.39 is 5.41 Å². The number of rotatable bonds is 2. The lowest BCUT2D eigenvalue weighted by atomic mass is 9.81. The molecule has 5 rings (SSSR count). The van der Waals surface area contributed by atoms with Crippen LogP contribution in [0.1, 0.15) is 33.0 Å². The summed E-state index contributed by atoms with van der Waals surface area (Å²) in [5, 5.41) is 3.40. The Balaban J connectivity index is 0.00000205. The zero-order valence-electron chi connectivity index (χ0n) is 16.5. The zero-order chi connectivity index (χ0) is 19.4. The SMILES string of the molecule is COC(=O)[C@@]12COC[C@@H]1CN(C(=O)c1cc3c(s1)C1(CCNCC1)OCC3)C2.Cl. The topological polar surface area (TPSA) is 77.1 Å². The maximum absolute atomic E-state index is 13.3. The largest absolute Gasteiger partial charge is 0.468 e. The van der Waals surface area contributed by atoms with Crippen molar-refractivity contribution < 1.29 is 23.8 Å². The Morgan fingerprint density at radius 1 is 1.34 bits per heavy atom.